The molecular formula is C15H23N5. The van der Waals surface area contributed by atoms with Crippen LogP contribution in [0.5, 0.6) is 0 Å². The van der Waals surface area contributed by atoms with Crippen LogP contribution in [0.2, 0.25) is 0 Å². The van der Waals surface area contributed by atoms with Crippen LogP contribution in [0.1, 0.15) is 39.0 Å². The minimum absolute atomic E-state index is 0.581. The Balaban J connectivity index is 1.84. The van der Waals surface area contributed by atoms with E-state index in [-0.39, 0.29) is 0 Å². The summed E-state index contributed by atoms with van der Waals surface area (Å²) in [5, 5.41) is 1.04. The molecule has 2 heterocycles. The SMILES string of the molecule is CCC1CCC(N(C)c2ncnc3c2ccn3N)CC1. The van der Waals surface area contributed by atoms with Crippen LogP contribution in [0.25, 0.3) is 11.0 Å². The molecule has 0 radical (unpaired) electrons. The van der Waals surface area contributed by atoms with Crippen molar-refractivity contribution in [2.45, 2.75) is 45.1 Å². The monoisotopic (exact) mass is 273 g/mol. The van der Waals surface area contributed by atoms with Crippen LogP contribution < -0.4 is 10.7 Å². The Morgan fingerprint density at radius 1 is 1.30 bits per heavy atom. The highest BCUT2D eigenvalue weighted by Crippen LogP contribution is 2.32. The molecule has 0 saturated heterocycles. The van der Waals surface area contributed by atoms with Gasteiger partial charge >= 0.3 is 0 Å². The molecule has 0 aliphatic heterocycles. The molecule has 5 heteroatoms. The van der Waals surface area contributed by atoms with Crippen molar-refractivity contribution in [1.82, 2.24) is 14.6 Å². The lowest BCUT2D eigenvalue weighted by Crippen LogP contribution is -2.35. The average Bonchev–Trinajstić information content (AvgIpc) is 2.88. The zero-order valence-corrected chi connectivity index (χ0v) is 12.3. The standard InChI is InChI=1S/C15H23N5/c1-3-11-4-6-12(7-5-11)19(2)14-13-8-9-20(16)15(13)18-10-17-14/h8-12H,3-7,16H2,1-2H3. The van der Waals surface area contributed by atoms with Gasteiger partial charge in [0.25, 0.3) is 0 Å². The zero-order chi connectivity index (χ0) is 14.1. The molecule has 1 fully saturated rings. The predicted octanol–water partition coefficient (Wildman–Crippen LogP) is 2.55. The lowest BCUT2D eigenvalue weighted by molar-refractivity contribution is 0.313. The molecule has 2 aromatic rings. The number of hydrogen-bond donors (Lipinski definition) is 1. The van der Waals surface area contributed by atoms with Crippen molar-refractivity contribution in [3.8, 4) is 0 Å². The van der Waals surface area contributed by atoms with Gasteiger partial charge in [-0.15, -0.1) is 0 Å². The van der Waals surface area contributed by atoms with Crippen LogP contribution in [-0.2, 0) is 0 Å². The Kier molecular flexibility index (Phi) is 3.51. The number of nitrogens with zero attached hydrogens (tertiary/aromatic N) is 4. The Morgan fingerprint density at radius 2 is 2.05 bits per heavy atom. The van der Waals surface area contributed by atoms with Crippen molar-refractivity contribution >= 4 is 16.9 Å². The second kappa shape index (κ2) is 5.31. The number of hydrogen-bond acceptors (Lipinski definition) is 4. The fourth-order valence-corrected chi connectivity index (χ4v) is 3.35. The van der Waals surface area contributed by atoms with Crippen LogP contribution >= 0.6 is 0 Å². The maximum absolute atomic E-state index is 5.87. The molecule has 1 saturated carbocycles. The lowest BCUT2D eigenvalue weighted by Gasteiger charge is -2.35. The van der Waals surface area contributed by atoms with E-state index in [0.29, 0.717) is 6.04 Å². The van der Waals surface area contributed by atoms with Gasteiger partial charge in [-0.25, -0.2) is 9.97 Å². The fourth-order valence-electron chi connectivity index (χ4n) is 3.35. The minimum Gasteiger partial charge on any atom is -0.356 e. The highest BCUT2D eigenvalue weighted by Gasteiger charge is 2.25. The molecule has 5 nitrogen and oxygen atoms in total. The minimum atomic E-state index is 0.581. The van der Waals surface area contributed by atoms with E-state index in [2.05, 4.69) is 28.8 Å². The average molecular weight is 273 g/mol. The molecule has 1 aliphatic rings. The molecule has 0 bridgehead atoms. The number of nitrogen functional groups attached to an aromatic ring is 1. The summed E-state index contributed by atoms with van der Waals surface area (Å²) < 4.78 is 1.56. The molecule has 0 spiro atoms. The first-order valence-electron chi connectivity index (χ1n) is 7.50. The second-order valence-corrected chi connectivity index (χ2v) is 5.85. The highest BCUT2D eigenvalue weighted by atomic mass is 15.3. The van der Waals surface area contributed by atoms with Gasteiger partial charge in [0, 0.05) is 19.3 Å². The zero-order valence-electron chi connectivity index (χ0n) is 12.3. The van der Waals surface area contributed by atoms with Crippen molar-refractivity contribution in [2.24, 2.45) is 5.92 Å². The number of nitrogens with two attached hydrogens (primary N) is 1. The summed E-state index contributed by atoms with van der Waals surface area (Å²) in [6.45, 7) is 2.30. The van der Waals surface area contributed by atoms with E-state index < -0.39 is 0 Å². The van der Waals surface area contributed by atoms with Crippen molar-refractivity contribution in [3.63, 3.8) is 0 Å². The van der Waals surface area contributed by atoms with Gasteiger partial charge in [-0.1, -0.05) is 13.3 Å². The summed E-state index contributed by atoms with van der Waals surface area (Å²) in [7, 11) is 2.15. The number of fused-ring (bicyclic) bond motifs is 1. The first-order valence-corrected chi connectivity index (χ1v) is 7.50. The lowest BCUT2D eigenvalue weighted by atomic mass is 9.84. The first-order chi connectivity index (χ1) is 9.70. The summed E-state index contributed by atoms with van der Waals surface area (Å²) in [6.07, 6.45) is 9.92. The summed E-state index contributed by atoms with van der Waals surface area (Å²) in [4.78, 5) is 11.1. The van der Waals surface area contributed by atoms with E-state index in [9.17, 15) is 0 Å². The molecule has 20 heavy (non-hydrogen) atoms. The number of anilines is 1. The van der Waals surface area contributed by atoms with Gasteiger partial charge in [-0.2, -0.15) is 0 Å². The smallest absolute Gasteiger partial charge is 0.163 e. The molecule has 0 atom stereocenters. The van der Waals surface area contributed by atoms with E-state index in [0.717, 1.165) is 22.8 Å². The number of rotatable bonds is 3. The van der Waals surface area contributed by atoms with Gasteiger partial charge in [0.2, 0.25) is 0 Å². The summed E-state index contributed by atoms with van der Waals surface area (Å²) in [6, 6.07) is 2.58. The van der Waals surface area contributed by atoms with Crippen LogP contribution in [0.3, 0.4) is 0 Å². The Bertz CT molecular complexity index is 583. The van der Waals surface area contributed by atoms with Gasteiger partial charge < -0.3 is 10.7 Å². The summed E-state index contributed by atoms with van der Waals surface area (Å²) >= 11 is 0. The van der Waals surface area contributed by atoms with Crippen molar-refractivity contribution in [1.29, 1.82) is 0 Å². The first kappa shape index (κ1) is 13.2. The van der Waals surface area contributed by atoms with Crippen LogP contribution in [-0.4, -0.2) is 27.7 Å². The van der Waals surface area contributed by atoms with Gasteiger partial charge in [0.05, 0.1) is 5.39 Å². The maximum Gasteiger partial charge on any atom is 0.163 e. The normalized spacial score (nSPS) is 23.1. The van der Waals surface area contributed by atoms with Gasteiger partial charge in [-0.3, -0.25) is 4.68 Å². The molecule has 1 aliphatic carbocycles. The highest BCUT2D eigenvalue weighted by molar-refractivity contribution is 5.87. The van der Waals surface area contributed by atoms with Crippen molar-refractivity contribution in [2.75, 3.05) is 17.8 Å². The van der Waals surface area contributed by atoms with Gasteiger partial charge in [0.1, 0.15) is 12.1 Å². The van der Waals surface area contributed by atoms with Crippen molar-refractivity contribution < 1.29 is 0 Å². The van der Waals surface area contributed by atoms with Gasteiger partial charge in [0.15, 0.2) is 5.65 Å². The van der Waals surface area contributed by atoms with E-state index in [1.807, 2.05) is 12.3 Å². The molecule has 3 rings (SSSR count). The molecule has 0 aromatic carbocycles. The van der Waals surface area contributed by atoms with Crippen LogP contribution in [0, 0.1) is 5.92 Å². The third kappa shape index (κ3) is 2.21. The van der Waals surface area contributed by atoms with Crippen LogP contribution in [0.4, 0.5) is 5.82 Å². The third-order valence-electron chi connectivity index (χ3n) is 4.76. The largest absolute Gasteiger partial charge is 0.356 e. The van der Waals surface area contributed by atoms with Crippen LogP contribution in [0.15, 0.2) is 18.6 Å². The topological polar surface area (TPSA) is 60.0 Å². The molecule has 0 unspecified atom stereocenters. The third-order valence-corrected chi connectivity index (χ3v) is 4.76. The Hall–Kier alpha value is -1.78. The van der Waals surface area contributed by atoms with Gasteiger partial charge in [-0.05, 0) is 37.7 Å². The Labute approximate surface area is 119 Å². The molecule has 0 amide bonds. The number of aromatic nitrogens is 3. The molecular weight excluding hydrogens is 250 g/mol. The quantitative estimate of drug-likeness (QED) is 0.873. The van der Waals surface area contributed by atoms with E-state index >= 15 is 0 Å². The van der Waals surface area contributed by atoms with Crippen molar-refractivity contribution in [3.05, 3.63) is 18.6 Å². The molecule has 2 N–H and O–H groups in total. The fraction of sp³-hybridized carbons (Fsp3) is 0.600. The van der Waals surface area contributed by atoms with E-state index in [4.69, 9.17) is 5.84 Å². The summed E-state index contributed by atoms with van der Waals surface area (Å²) in [5.41, 5.74) is 0.795. The second-order valence-electron chi connectivity index (χ2n) is 5.85. The molecule has 2 aromatic heterocycles. The summed E-state index contributed by atoms with van der Waals surface area (Å²) in [5.74, 6) is 7.78. The maximum atomic E-state index is 5.87. The van der Waals surface area contributed by atoms with E-state index in [1.54, 1.807) is 11.0 Å². The van der Waals surface area contributed by atoms with E-state index in [1.165, 1.54) is 32.1 Å². The molecule has 108 valence electrons. The Morgan fingerprint density at radius 3 is 2.75 bits per heavy atom. The predicted molar refractivity (Wildman–Crippen MR) is 82.1 cm³/mol.